The van der Waals surface area contributed by atoms with E-state index in [1.807, 2.05) is 11.3 Å². The molecular formula is C13H19NS. The van der Waals surface area contributed by atoms with E-state index in [9.17, 15) is 0 Å². The summed E-state index contributed by atoms with van der Waals surface area (Å²) in [5, 5.41) is 2.34. The molecule has 2 N–H and O–H groups in total. The molecule has 1 unspecified atom stereocenters. The molecule has 1 fully saturated rings. The minimum absolute atomic E-state index is 0.00553. The molecule has 3 rings (SSSR count). The number of hydrogen-bond donors (Lipinski definition) is 1. The summed E-state index contributed by atoms with van der Waals surface area (Å²) in [4.78, 5) is 1.61. The summed E-state index contributed by atoms with van der Waals surface area (Å²) in [5.74, 6) is 0. The molecule has 0 spiro atoms. The molecule has 2 aliphatic rings. The van der Waals surface area contributed by atoms with Gasteiger partial charge in [-0.15, -0.1) is 11.3 Å². The Balaban J connectivity index is 2.03. The van der Waals surface area contributed by atoms with E-state index >= 15 is 0 Å². The SMILES string of the molecule is CC1(C)CC1(N)c1csc2c1CCCC2. The van der Waals surface area contributed by atoms with Crippen molar-refractivity contribution in [3.05, 3.63) is 21.4 Å². The summed E-state index contributed by atoms with van der Waals surface area (Å²) < 4.78 is 0. The Hall–Kier alpha value is -0.340. The van der Waals surface area contributed by atoms with E-state index in [1.165, 1.54) is 31.2 Å². The molecule has 0 aliphatic heterocycles. The molecule has 0 radical (unpaired) electrons. The first-order valence-electron chi connectivity index (χ1n) is 5.93. The third-order valence-electron chi connectivity index (χ3n) is 4.35. The lowest BCUT2D eigenvalue weighted by Crippen LogP contribution is -2.26. The number of hydrogen-bond acceptors (Lipinski definition) is 2. The molecule has 1 nitrogen and oxygen atoms in total. The molecule has 1 aromatic rings. The van der Waals surface area contributed by atoms with Crippen LogP contribution in [0.3, 0.4) is 0 Å². The first-order valence-corrected chi connectivity index (χ1v) is 6.81. The van der Waals surface area contributed by atoms with Gasteiger partial charge in [-0.2, -0.15) is 0 Å². The molecule has 0 bridgehead atoms. The summed E-state index contributed by atoms with van der Waals surface area (Å²) >= 11 is 1.94. The van der Waals surface area contributed by atoms with Crippen LogP contribution >= 0.6 is 11.3 Å². The van der Waals surface area contributed by atoms with Gasteiger partial charge in [0.15, 0.2) is 0 Å². The fraction of sp³-hybridized carbons (Fsp3) is 0.692. The van der Waals surface area contributed by atoms with Gasteiger partial charge in [0.05, 0.1) is 0 Å². The van der Waals surface area contributed by atoms with Crippen LogP contribution in [0, 0.1) is 5.41 Å². The topological polar surface area (TPSA) is 26.0 Å². The van der Waals surface area contributed by atoms with Crippen LogP contribution in [0.4, 0.5) is 0 Å². The van der Waals surface area contributed by atoms with Crippen LogP contribution in [0.25, 0.3) is 0 Å². The Morgan fingerprint density at radius 2 is 1.93 bits per heavy atom. The van der Waals surface area contributed by atoms with E-state index in [-0.39, 0.29) is 5.54 Å². The van der Waals surface area contributed by atoms with Crippen LogP contribution < -0.4 is 5.73 Å². The van der Waals surface area contributed by atoms with Gasteiger partial charge in [0, 0.05) is 10.4 Å². The van der Waals surface area contributed by atoms with Gasteiger partial charge in [0.1, 0.15) is 0 Å². The Morgan fingerprint density at radius 1 is 1.27 bits per heavy atom. The zero-order valence-electron chi connectivity index (χ0n) is 9.60. The smallest absolute Gasteiger partial charge is 0.0479 e. The van der Waals surface area contributed by atoms with Crippen LogP contribution in [0.15, 0.2) is 5.38 Å². The van der Waals surface area contributed by atoms with Gasteiger partial charge in [-0.1, -0.05) is 13.8 Å². The molecule has 0 amide bonds. The molecule has 1 heterocycles. The van der Waals surface area contributed by atoms with E-state index in [1.54, 1.807) is 10.4 Å². The highest BCUT2D eigenvalue weighted by atomic mass is 32.1. The monoisotopic (exact) mass is 221 g/mol. The van der Waals surface area contributed by atoms with E-state index < -0.39 is 0 Å². The highest BCUT2D eigenvalue weighted by Crippen LogP contribution is 2.62. The van der Waals surface area contributed by atoms with Crippen molar-refractivity contribution in [1.82, 2.24) is 0 Å². The zero-order valence-corrected chi connectivity index (χ0v) is 10.4. The molecule has 82 valence electrons. The lowest BCUT2D eigenvalue weighted by molar-refractivity contribution is 0.505. The minimum Gasteiger partial charge on any atom is -0.321 e. The van der Waals surface area contributed by atoms with Crippen molar-refractivity contribution in [2.45, 2.75) is 51.5 Å². The quantitative estimate of drug-likeness (QED) is 0.774. The maximum atomic E-state index is 6.52. The number of rotatable bonds is 1. The summed E-state index contributed by atoms with van der Waals surface area (Å²) in [7, 11) is 0. The van der Waals surface area contributed by atoms with Gasteiger partial charge in [-0.05, 0) is 54.0 Å². The third-order valence-corrected chi connectivity index (χ3v) is 5.43. The molecule has 0 aromatic carbocycles. The van der Waals surface area contributed by atoms with Gasteiger partial charge >= 0.3 is 0 Å². The van der Waals surface area contributed by atoms with Gasteiger partial charge < -0.3 is 5.73 Å². The Labute approximate surface area is 95.7 Å². The van der Waals surface area contributed by atoms with E-state index in [0.29, 0.717) is 5.41 Å². The average Bonchev–Trinajstić information content (AvgIpc) is 2.61. The van der Waals surface area contributed by atoms with Gasteiger partial charge in [-0.3, -0.25) is 0 Å². The van der Waals surface area contributed by atoms with Crippen molar-refractivity contribution in [3.8, 4) is 0 Å². The van der Waals surface area contributed by atoms with Crippen molar-refractivity contribution in [2.24, 2.45) is 11.1 Å². The molecule has 15 heavy (non-hydrogen) atoms. The van der Waals surface area contributed by atoms with Crippen LogP contribution in [-0.2, 0) is 18.4 Å². The highest BCUT2D eigenvalue weighted by Gasteiger charge is 2.60. The molecule has 0 saturated heterocycles. The number of fused-ring (bicyclic) bond motifs is 1. The van der Waals surface area contributed by atoms with Crippen LogP contribution in [0.2, 0.25) is 0 Å². The largest absolute Gasteiger partial charge is 0.321 e. The van der Waals surface area contributed by atoms with Gasteiger partial charge in [0.2, 0.25) is 0 Å². The van der Waals surface area contributed by atoms with Crippen LogP contribution in [0.5, 0.6) is 0 Å². The van der Waals surface area contributed by atoms with E-state index in [0.717, 1.165) is 6.42 Å². The fourth-order valence-corrected chi connectivity index (χ4v) is 4.21. The maximum absolute atomic E-state index is 6.52. The van der Waals surface area contributed by atoms with Crippen LogP contribution in [0.1, 0.15) is 49.1 Å². The minimum atomic E-state index is -0.00553. The summed E-state index contributed by atoms with van der Waals surface area (Å²) in [5.41, 5.74) is 9.92. The number of nitrogens with two attached hydrogens (primary N) is 1. The molecular weight excluding hydrogens is 202 g/mol. The fourth-order valence-electron chi connectivity index (χ4n) is 2.98. The summed E-state index contributed by atoms with van der Waals surface area (Å²) in [6.45, 7) is 4.58. The third kappa shape index (κ3) is 1.24. The van der Waals surface area contributed by atoms with Crippen molar-refractivity contribution < 1.29 is 0 Å². The normalized spacial score (nSPS) is 32.5. The summed E-state index contributed by atoms with van der Waals surface area (Å²) in [6.07, 6.45) is 6.43. The second kappa shape index (κ2) is 2.86. The second-order valence-corrected chi connectivity index (χ2v) is 6.75. The molecule has 1 aromatic heterocycles. The predicted octanol–water partition coefficient (Wildman–Crippen LogP) is 3.21. The van der Waals surface area contributed by atoms with Crippen molar-refractivity contribution in [2.75, 3.05) is 0 Å². The predicted molar refractivity (Wildman–Crippen MR) is 65.2 cm³/mol. The summed E-state index contributed by atoms with van der Waals surface area (Å²) in [6, 6.07) is 0. The Kier molecular flexibility index (Phi) is 1.88. The first kappa shape index (κ1) is 9.86. The average molecular weight is 221 g/mol. The number of thiophene rings is 1. The molecule has 2 heteroatoms. The van der Waals surface area contributed by atoms with Crippen molar-refractivity contribution in [3.63, 3.8) is 0 Å². The van der Waals surface area contributed by atoms with E-state index in [2.05, 4.69) is 19.2 Å². The molecule has 2 aliphatic carbocycles. The van der Waals surface area contributed by atoms with Gasteiger partial charge in [-0.25, -0.2) is 0 Å². The van der Waals surface area contributed by atoms with E-state index in [4.69, 9.17) is 5.73 Å². The van der Waals surface area contributed by atoms with Crippen molar-refractivity contribution in [1.29, 1.82) is 0 Å². The van der Waals surface area contributed by atoms with Gasteiger partial charge in [0.25, 0.3) is 0 Å². The zero-order chi connectivity index (χ0) is 10.7. The lowest BCUT2D eigenvalue weighted by atomic mass is 9.89. The van der Waals surface area contributed by atoms with Crippen molar-refractivity contribution >= 4 is 11.3 Å². The maximum Gasteiger partial charge on any atom is 0.0479 e. The Bertz CT molecular complexity index is 405. The number of aryl methyl sites for hydroxylation is 1. The second-order valence-electron chi connectivity index (χ2n) is 5.79. The Morgan fingerprint density at radius 3 is 2.60 bits per heavy atom. The van der Waals surface area contributed by atoms with Crippen LogP contribution in [-0.4, -0.2) is 0 Å². The highest BCUT2D eigenvalue weighted by molar-refractivity contribution is 7.10. The standard InChI is InChI=1S/C13H19NS/c1-12(2)8-13(12,14)10-7-15-11-6-4-3-5-9(10)11/h7H,3-6,8,14H2,1-2H3. The molecule has 1 saturated carbocycles. The molecule has 1 atom stereocenters. The first-order chi connectivity index (χ1) is 7.05. The lowest BCUT2D eigenvalue weighted by Gasteiger charge is -2.19.